The molecular formula is C13H17F3N2O3. The third kappa shape index (κ3) is 4.89. The maximum atomic E-state index is 12.6. The van der Waals surface area contributed by atoms with Crippen LogP contribution >= 0.6 is 0 Å². The Bertz CT molecular complexity index is 516. The van der Waals surface area contributed by atoms with E-state index in [0.29, 0.717) is 12.7 Å². The van der Waals surface area contributed by atoms with E-state index in [0.717, 1.165) is 12.1 Å². The molecule has 0 aliphatic carbocycles. The maximum absolute atomic E-state index is 12.6. The highest BCUT2D eigenvalue weighted by Gasteiger charge is 2.33. The predicted octanol–water partition coefficient (Wildman–Crippen LogP) is 3.84. The van der Waals surface area contributed by atoms with Crippen molar-refractivity contribution in [2.75, 3.05) is 18.5 Å². The van der Waals surface area contributed by atoms with Crippen LogP contribution in [0.4, 0.5) is 24.5 Å². The van der Waals surface area contributed by atoms with E-state index in [4.69, 9.17) is 4.74 Å². The van der Waals surface area contributed by atoms with Crippen LogP contribution in [0.1, 0.15) is 26.3 Å². The molecule has 0 unspecified atom stereocenters. The average molecular weight is 306 g/mol. The summed E-state index contributed by atoms with van der Waals surface area (Å²) in [4.78, 5) is 10.1. The summed E-state index contributed by atoms with van der Waals surface area (Å²) in [6.07, 6.45) is -4.62. The first kappa shape index (κ1) is 17.2. The molecule has 1 N–H and O–H groups in total. The first-order chi connectivity index (χ1) is 9.57. The van der Waals surface area contributed by atoms with E-state index in [2.05, 4.69) is 5.32 Å². The van der Waals surface area contributed by atoms with Crippen LogP contribution in [0.5, 0.6) is 0 Å². The van der Waals surface area contributed by atoms with Crippen molar-refractivity contribution in [1.29, 1.82) is 0 Å². The van der Waals surface area contributed by atoms with Crippen molar-refractivity contribution in [3.63, 3.8) is 0 Å². The number of benzene rings is 1. The third-order valence-electron chi connectivity index (χ3n) is 2.76. The Morgan fingerprint density at radius 2 is 1.95 bits per heavy atom. The van der Waals surface area contributed by atoms with Crippen molar-refractivity contribution >= 4 is 11.4 Å². The Hall–Kier alpha value is -1.83. The molecule has 0 saturated carbocycles. The Labute approximate surface area is 120 Å². The summed E-state index contributed by atoms with van der Waals surface area (Å²) in [6.45, 7) is 6.05. The Kier molecular flexibility index (Phi) is 5.16. The Morgan fingerprint density at radius 3 is 2.43 bits per heavy atom. The van der Waals surface area contributed by atoms with Gasteiger partial charge >= 0.3 is 6.18 Å². The molecule has 118 valence electrons. The molecule has 21 heavy (non-hydrogen) atoms. The zero-order valence-electron chi connectivity index (χ0n) is 12.0. The van der Waals surface area contributed by atoms with E-state index < -0.39 is 28.0 Å². The molecule has 8 heteroatoms. The lowest BCUT2D eigenvalue weighted by Crippen LogP contribution is -2.33. The third-order valence-corrected chi connectivity index (χ3v) is 2.76. The van der Waals surface area contributed by atoms with Gasteiger partial charge in [0, 0.05) is 19.2 Å². The van der Waals surface area contributed by atoms with Crippen LogP contribution in [-0.2, 0) is 10.9 Å². The molecule has 0 saturated heterocycles. The van der Waals surface area contributed by atoms with Crippen LogP contribution in [0.2, 0.25) is 0 Å². The van der Waals surface area contributed by atoms with Crippen molar-refractivity contribution in [3.8, 4) is 0 Å². The molecule has 0 spiro atoms. The number of rotatable bonds is 6. The van der Waals surface area contributed by atoms with E-state index in [1.807, 2.05) is 6.92 Å². The molecule has 0 bridgehead atoms. The lowest BCUT2D eigenvalue weighted by atomic mass is 10.1. The first-order valence-electron chi connectivity index (χ1n) is 6.30. The molecule has 0 radical (unpaired) electrons. The largest absolute Gasteiger partial charge is 0.416 e. The summed E-state index contributed by atoms with van der Waals surface area (Å²) < 4.78 is 43.1. The van der Waals surface area contributed by atoms with E-state index in [9.17, 15) is 23.3 Å². The quantitative estimate of drug-likeness (QED) is 0.640. The normalized spacial score (nSPS) is 12.3. The van der Waals surface area contributed by atoms with Crippen LogP contribution in [0.3, 0.4) is 0 Å². The van der Waals surface area contributed by atoms with Crippen LogP contribution in [0.15, 0.2) is 18.2 Å². The fourth-order valence-electron chi connectivity index (χ4n) is 1.76. The van der Waals surface area contributed by atoms with E-state index in [-0.39, 0.29) is 12.2 Å². The highest BCUT2D eigenvalue weighted by molar-refractivity contribution is 5.63. The first-order valence-corrected chi connectivity index (χ1v) is 6.30. The SMILES string of the molecule is CCOC(C)(C)CNc1ccc(C(F)(F)F)cc1[N+](=O)[O-]. The molecule has 1 rings (SSSR count). The minimum Gasteiger partial charge on any atom is -0.377 e. The molecule has 0 aliphatic heterocycles. The van der Waals surface area contributed by atoms with Gasteiger partial charge in [0.2, 0.25) is 0 Å². The van der Waals surface area contributed by atoms with Crippen molar-refractivity contribution in [3.05, 3.63) is 33.9 Å². The van der Waals surface area contributed by atoms with Crippen molar-refractivity contribution < 1.29 is 22.8 Å². The smallest absolute Gasteiger partial charge is 0.377 e. The van der Waals surface area contributed by atoms with Crippen molar-refractivity contribution in [1.82, 2.24) is 0 Å². The van der Waals surface area contributed by atoms with Gasteiger partial charge in [-0.2, -0.15) is 13.2 Å². The second-order valence-corrected chi connectivity index (χ2v) is 5.03. The van der Waals surface area contributed by atoms with Gasteiger partial charge in [-0.15, -0.1) is 0 Å². The van der Waals surface area contributed by atoms with Gasteiger partial charge in [-0.05, 0) is 32.9 Å². The number of alkyl halides is 3. The zero-order chi connectivity index (χ0) is 16.3. The van der Waals surface area contributed by atoms with Gasteiger partial charge < -0.3 is 10.1 Å². The molecule has 0 heterocycles. The van der Waals surface area contributed by atoms with Crippen molar-refractivity contribution in [2.24, 2.45) is 0 Å². The molecule has 1 aromatic carbocycles. The lowest BCUT2D eigenvalue weighted by molar-refractivity contribution is -0.384. The van der Waals surface area contributed by atoms with E-state index >= 15 is 0 Å². The Morgan fingerprint density at radius 1 is 1.33 bits per heavy atom. The number of anilines is 1. The number of nitro groups is 1. The number of hydrogen-bond donors (Lipinski definition) is 1. The highest BCUT2D eigenvalue weighted by atomic mass is 19.4. The van der Waals surface area contributed by atoms with E-state index in [1.54, 1.807) is 13.8 Å². The zero-order valence-corrected chi connectivity index (χ0v) is 12.0. The van der Waals surface area contributed by atoms with Gasteiger partial charge in [-0.25, -0.2) is 0 Å². The van der Waals surface area contributed by atoms with Gasteiger partial charge in [0.1, 0.15) is 5.69 Å². The summed E-state index contributed by atoms with van der Waals surface area (Å²) in [5.41, 5.74) is -2.23. The monoisotopic (exact) mass is 306 g/mol. The van der Waals surface area contributed by atoms with Crippen LogP contribution < -0.4 is 5.32 Å². The van der Waals surface area contributed by atoms with Gasteiger partial charge in [0.25, 0.3) is 5.69 Å². The minimum atomic E-state index is -4.62. The van der Waals surface area contributed by atoms with Crippen LogP contribution in [0.25, 0.3) is 0 Å². The molecule has 0 amide bonds. The second kappa shape index (κ2) is 6.30. The average Bonchev–Trinajstić information content (AvgIpc) is 2.35. The number of nitrogens with zero attached hydrogens (tertiary/aromatic N) is 1. The number of nitrogens with one attached hydrogen (secondary N) is 1. The summed E-state index contributed by atoms with van der Waals surface area (Å²) >= 11 is 0. The Balaban J connectivity index is 3.00. The van der Waals surface area contributed by atoms with Gasteiger partial charge in [-0.1, -0.05) is 0 Å². The standard InChI is InChI=1S/C13H17F3N2O3/c1-4-21-12(2,3)8-17-10-6-5-9(13(14,15)16)7-11(10)18(19)20/h5-7,17H,4,8H2,1-3H3. The van der Waals surface area contributed by atoms with Gasteiger partial charge in [0.15, 0.2) is 0 Å². The summed E-state index contributed by atoms with van der Waals surface area (Å²) in [6, 6.07) is 2.39. The van der Waals surface area contributed by atoms with Crippen molar-refractivity contribution in [2.45, 2.75) is 32.5 Å². The summed E-state index contributed by atoms with van der Waals surface area (Å²) in [5.74, 6) is 0. The fourth-order valence-corrected chi connectivity index (χ4v) is 1.76. The van der Waals surface area contributed by atoms with Crippen LogP contribution in [0, 0.1) is 10.1 Å². The van der Waals surface area contributed by atoms with Crippen LogP contribution in [-0.4, -0.2) is 23.7 Å². The summed E-state index contributed by atoms with van der Waals surface area (Å²) in [5, 5.41) is 13.7. The molecule has 5 nitrogen and oxygen atoms in total. The fraction of sp³-hybridized carbons (Fsp3) is 0.538. The second-order valence-electron chi connectivity index (χ2n) is 5.03. The highest BCUT2D eigenvalue weighted by Crippen LogP contribution is 2.35. The molecule has 0 atom stereocenters. The number of halogens is 3. The molecule has 0 aromatic heterocycles. The molecular weight excluding hydrogens is 289 g/mol. The number of hydrogen-bond acceptors (Lipinski definition) is 4. The van der Waals surface area contributed by atoms with Gasteiger partial charge in [-0.3, -0.25) is 10.1 Å². The maximum Gasteiger partial charge on any atom is 0.416 e. The predicted molar refractivity (Wildman–Crippen MR) is 72.3 cm³/mol. The minimum absolute atomic E-state index is 0.0285. The molecule has 0 aliphatic rings. The molecule has 0 fully saturated rings. The van der Waals surface area contributed by atoms with Gasteiger partial charge in [0.05, 0.1) is 16.1 Å². The molecule has 1 aromatic rings. The van der Waals surface area contributed by atoms with E-state index in [1.165, 1.54) is 0 Å². The number of ether oxygens (including phenoxy) is 1. The summed E-state index contributed by atoms with van der Waals surface area (Å²) in [7, 11) is 0. The lowest BCUT2D eigenvalue weighted by Gasteiger charge is -2.25. The number of nitro benzene ring substituents is 1. The topological polar surface area (TPSA) is 64.4 Å².